The maximum Gasteiger partial charge on any atom is 0.137 e. The van der Waals surface area contributed by atoms with Gasteiger partial charge in [-0.15, -0.1) is 0 Å². The van der Waals surface area contributed by atoms with Gasteiger partial charge >= 0.3 is 0 Å². The molecule has 0 unspecified atom stereocenters. The van der Waals surface area contributed by atoms with Gasteiger partial charge in [0.2, 0.25) is 0 Å². The maximum atomic E-state index is 13.0. The molecule has 0 saturated carbocycles. The van der Waals surface area contributed by atoms with Crippen molar-refractivity contribution in [2.45, 2.75) is 13.3 Å². The number of benzene rings is 1. The molecule has 1 nitrogen and oxygen atoms in total. The van der Waals surface area contributed by atoms with Gasteiger partial charge in [0.25, 0.3) is 0 Å². The minimum atomic E-state index is -0.210. The normalized spacial score (nSPS) is 14.4. The van der Waals surface area contributed by atoms with Crippen molar-refractivity contribution >= 4 is 27.3 Å². The van der Waals surface area contributed by atoms with E-state index in [9.17, 15) is 4.39 Å². The summed E-state index contributed by atoms with van der Waals surface area (Å²) in [4.78, 5) is 4.27. The van der Waals surface area contributed by atoms with Crippen LogP contribution in [0.25, 0.3) is 0 Å². The Hall–Kier alpha value is -0.700. The summed E-state index contributed by atoms with van der Waals surface area (Å²) in [5, 5.41) is 0. The highest BCUT2D eigenvalue weighted by Crippen LogP contribution is 2.31. The number of rotatable bonds is 0. The molecule has 0 saturated heterocycles. The van der Waals surface area contributed by atoms with Crippen LogP contribution in [0.4, 0.5) is 10.1 Å². The van der Waals surface area contributed by atoms with E-state index in [2.05, 4.69) is 20.9 Å². The monoisotopic (exact) mass is 227 g/mol. The van der Waals surface area contributed by atoms with Crippen LogP contribution in [0.3, 0.4) is 0 Å². The Labute approximate surface area is 78.4 Å². The Morgan fingerprint density at radius 1 is 1.50 bits per heavy atom. The minimum Gasteiger partial charge on any atom is -0.257 e. The van der Waals surface area contributed by atoms with Crippen molar-refractivity contribution < 1.29 is 4.39 Å². The summed E-state index contributed by atoms with van der Waals surface area (Å²) in [6, 6.07) is 3.26. The molecule has 0 amide bonds. The highest BCUT2D eigenvalue weighted by atomic mass is 79.9. The van der Waals surface area contributed by atoms with Gasteiger partial charge in [0.15, 0.2) is 0 Å². The van der Waals surface area contributed by atoms with Gasteiger partial charge in [-0.3, -0.25) is 4.99 Å². The number of fused-ring (bicyclic) bond motifs is 1. The van der Waals surface area contributed by atoms with Crippen molar-refractivity contribution in [3.63, 3.8) is 0 Å². The molecule has 0 N–H and O–H groups in total. The Bertz CT molecular complexity index is 371. The third-order valence-corrected chi connectivity index (χ3v) is 2.49. The van der Waals surface area contributed by atoms with Crippen LogP contribution in [-0.4, -0.2) is 5.71 Å². The summed E-state index contributed by atoms with van der Waals surface area (Å²) in [5.74, 6) is -0.210. The van der Waals surface area contributed by atoms with Crippen LogP contribution in [-0.2, 0) is 6.42 Å². The predicted octanol–water partition coefficient (Wildman–Crippen LogP) is 3.24. The number of hydrogen-bond donors (Lipinski definition) is 0. The first-order valence-electron chi connectivity index (χ1n) is 3.69. The van der Waals surface area contributed by atoms with E-state index < -0.39 is 0 Å². The second-order valence-electron chi connectivity index (χ2n) is 2.92. The standard InChI is InChI=1S/C9H7BrFN/c1-5-2-6-3-8(11)7(10)4-9(6)12-5/h3-4H,2H2,1H3. The average molecular weight is 228 g/mol. The average Bonchev–Trinajstić information content (AvgIpc) is 2.30. The lowest BCUT2D eigenvalue weighted by Crippen LogP contribution is -1.89. The van der Waals surface area contributed by atoms with Crippen molar-refractivity contribution in [3.05, 3.63) is 28.0 Å². The lowest BCUT2D eigenvalue weighted by Gasteiger charge is -1.98. The van der Waals surface area contributed by atoms with E-state index in [0.717, 1.165) is 23.4 Å². The van der Waals surface area contributed by atoms with Gasteiger partial charge in [0, 0.05) is 12.1 Å². The molecule has 12 heavy (non-hydrogen) atoms. The molecule has 1 aromatic rings. The molecule has 2 rings (SSSR count). The molecule has 0 spiro atoms. The Balaban J connectivity index is 2.57. The van der Waals surface area contributed by atoms with Gasteiger partial charge in [-0.25, -0.2) is 4.39 Å². The molecule has 0 bridgehead atoms. The lowest BCUT2D eigenvalue weighted by molar-refractivity contribution is 0.620. The molecule has 0 atom stereocenters. The molecular formula is C9H7BrFN. The number of hydrogen-bond acceptors (Lipinski definition) is 1. The third-order valence-electron chi connectivity index (χ3n) is 1.88. The molecule has 0 radical (unpaired) electrons. The number of halogens is 2. The van der Waals surface area contributed by atoms with E-state index in [4.69, 9.17) is 0 Å². The third kappa shape index (κ3) is 1.18. The number of nitrogens with zero attached hydrogens (tertiary/aromatic N) is 1. The summed E-state index contributed by atoms with van der Waals surface area (Å²) >= 11 is 3.12. The fourth-order valence-corrected chi connectivity index (χ4v) is 1.68. The molecule has 62 valence electrons. The van der Waals surface area contributed by atoms with Crippen molar-refractivity contribution in [2.75, 3.05) is 0 Å². The van der Waals surface area contributed by atoms with E-state index in [1.165, 1.54) is 0 Å². The topological polar surface area (TPSA) is 12.4 Å². The lowest BCUT2D eigenvalue weighted by atomic mass is 10.1. The molecule has 1 aromatic carbocycles. The van der Waals surface area contributed by atoms with E-state index >= 15 is 0 Å². The molecular weight excluding hydrogens is 221 g/mol. The van der Waals surface area contributed by atoms with Crippen LogP contribution >= 0.6 is 15.9 Å². The molecule has 0 fully saturated rings. The largest absolute Gasteiger partial charge is 0.257 e. The fourth-order valence-electron chi connectivity index (χ4n) is 1.34. The summed E-state index contributed by atoms with van der Waals surface area (Å²) in [5.41, 5.74) is 2.91. The molecule has 1 aliphatic heterocycles. The predicted molar refractivity (Wildman–Crippen MR) is 50.6 cm³/mol. The zero-order valence-corrected chi connectivity index (χ0v) is 8.15. The summed E-state index contributed by atoms with van der Waals surface area (Å²) < 4.78 is 13.5. The minimum absolute atomic E-state index is 0.210. The first-order valence-corrected chi connectivity index (χ1v) is 4.48. The zero-order valence-electron chi connectivity index (χ0n) is 6.56. The van der Waals surface area contributed by atoms with E-state index in [0.29, 0.717) is 4.47 Å². The zero-order chi connectivity index (χ0) is 8.72. The van der Waals surface area contributed by atoms with Crippen LogP contribution in [0.1, 0.15) is 12.5 Å². The van der Waals surface area contributed by atoms with Crippen molar-refractivity contribution in [1.29, 1.82) is 0 Å². The van der Waals surface area contributed by atoms with Crippen LogP contribution in [0, 0.1) is 5.82 Å². The van der Waals surface area contributed by atoms with Gasteiger partial charge in [0.1, 0.15) is 5.82 Å². The van der Waals surface area contributed by atoms with Crippen molar-refractivity contribution in [1.82, 2.24) is 0 Å². The van der Waals surface area contributed by atoms with Gasteiger partial charge in [-0.05, 0) is 40.5 Å². The molecule has 1 aliphatic rings. The summed E-state index contributed by atoms with van der Waals surface area (Å²) in [6.07, 6.45) is 0.777. The van der Waals surface area contributed by atoms with E-state index in [-0.39, 0.29) is 5.82 Å². The van der Waals surface area contributed by atoms with Gasteiger partial charge < -0.3 is 0 Å². The smallest absolute Gasteiger partial charge is 0.137 e. The highest BCUT2D eigenvalue weighted by molar-refractivity contribution is 9.10. The van der Waals surface area contributed by atoms with Gasteiger partial charge in [-0.2, -0.15) is 0 Å². The number of aliphatic imine (C=N–C) groups is 1. The van der Waals surface area contributed by atoms with E-state index in [1.54, 1.807) is 12.1 Å². The summed E-state index contributed by atoms with van der Waals surface area (Å²) in [7, 11) is 0. The summed E-state index contributed by atoms with van der Waals surface area (Å²) in [6.45, 7) is 1.95. The first-order chi connectivity index (χ1) is 5.66. The quantitative estimate of drug-likeness (QED) is 0.646. The molecule has 0 aliphatic carbocycles. The Kier molecular flexibility index (Phi) is 1.76. The molecule has 3 heteroatoms. The van der Waals surface area contributed by atoms with Crippen LogP contribution in [0.2, 0.25) is 0 Å². The van der Waals surface area contributed by atoms with Crippen molar-refractivity contribution in [3.8, 4) is 0 Å². The van der Waals surface area contributed by atoms with Crippen LogP contribution < -0.4 is 0 Å². The maximum absolute atomic E-state index is 13.0. The molecule has 1 heterocycles. The van der Waals surface area contributed by atoms with Crippen LogP contribution in [0.5, 0.6) is 0 Å². The fraction of sp³-hybridized carbons (Fsp3) is 0.222. The Morgan fingerprint density at radius 3 is 3.00 bits per heavy atom. The second-order valence-corrected chi connectivity index (χ2v) is 3.77. The second kappa shape index (κ2) is 2.66. The van der Waals surface area contributed by atoms with Crippen molar-refractivity contribution in [2.24, 2.45) is 4.99 Å². The highest BCUT2D eigenvalue weighted by Gasteiger charge is 2.13. The first kappa shape index (κ1) is 7.92. The van der Waals surface area contributed by atoms with Gasteiger partial charge in [-0.1, -0.05) is 0 Å². The van der Waals surface area contributed by atoms with E-state index in [1.807, 2.05) is 6.92 Å². The Morgan fingerprint density at radius 2 is 2.25 bits per heavy atom. The molecule has 0 aromatic heterocycles. The van der Waals surface area contributed by atoms with Crippen LogP contribution in [0.15, 0.2) is 21.6 Å². The SMILES string of the molecule is CC1=Nc2cc(Br)c(F)cc2C1. The van der Waals surface area contributed by atoms with Gasteiger partial charge in [0.05, 0.1) is 10.2 Å².